The van der Waals surface area contributed by atoms with Crippen LogP contribution in [0.1, 0.15) is 42.9 Å². The molecule has 2 rings (SSSR count). The van der Waals surface area contributed by atoms with Crippen LogP contribution in [0.5, 0.6) is 0 Å². The highest BCUT2D eigenvalue weighted by Gasteiger charge is 2.36. The van der Waals surface area contributed by atoms with E-state index in [0.717, 1.165) is 17.5 Å². The third kappa shape index (κ3) is 2.56. The number of aryl methyl sites for hydroxylation is 2. The van der Waals surface area contributed by atoms with Crippen molar-refractivity contribution in [1.82, 2.24) is 0 Å². The molecule has 1 N–H and O–H groups in total. The average molecular weight is 248 g/mol. The summed E-state index contributed by atoms with van der Waals surface area (Å²) in [4.78, 5) is 11.4. The number of carbonyl (C=O) groups is 1. The van der Waals surface area contributed by atoms with Crippen molar-refractivity contribution in [3.63, 3.8) is 0 Å². The number of fused-ring (bicyclic) bond motifs is 1. The molecule has 0 saturated heterocycles. The number of carbonyl (C=O) groups excluding carboxylic acids is 1. The summed E-state index contributed by atoms with van der Waals surface area (Å²) >= 11 is 0. The van der Waals surface area contributed by atoms with Crippen LogP contribution in [0.2, 0.25) is 0 Å². The quantitative estimate of drug-likeness (QED) is 0.833. The maximum absolute atomic E-state index is 11.4. The van der Waals surface area contributed by atoms with Gasteiger partial charge in [-0.05, 0) is 44.2 Å². The molecule has 1 aliphatic rings. The SMILES string of the molecule is CCOC(=O)CCC1(O)CCc2ccc(C)cc21. The van der Waals surface area contributed by atoms with E-state index in [1.165, 1.54) is 5.56 Å². The van der Waals surface area contributed by atoms with E-state index in [2.05, 4.69) is 12.1 Å². The summed E-state index contributed by atoms with van der Waals surface area (Å²) in [6, 6.07) is 6.18. The Labute approximate surface area is 108 Å². The number of esters is 1. The summed E-state index contributed by atoms with van der Waals surface area (Å²) in [6.07, 6.45) is 2.31. The molecule has 0 aliphatic heterocycles. The molecule has 98 valence electrons. The summed E-state index contributed by atoms with van der Waals surface area (Å²) in [5, 5.41) is 10.7. The van der Waals surface area contributed by atoms with Crippen LogP contribution in [-0.4, -0.2) is 17.7 Å². The van der Waals surface area contributed by atoms with Crippen molar-refractivity contribution in [2.24, 2.45) is 0 Å². The van der Waals surface area contributed by atoms with Crippen LogP contribution in [0.15, 0.2) is 18.2 Å². The normalized spacial score (nSPS) is 21.7. The fourth-order valence-electron chi connectivity index (χ4n) is 2.62. The van der Waals surface area contributed by atoms with Gasteiger partial charge in [0.2, 0.25) is 0 Å². The predicted octanol–water partition coefficient (Wildman–Crippen LogP) is 2.47. The lowest BCUT2D eigenvalue weighted by Gasteiger charge is -2.23. The molecule has 18 heavy (non-hydrogen) atoms. The lowest BCUT2D eigenvalue weighted by atomic mass is 9.90. The van der Waals surface area contributed by atoms with Gasteiger partial charge in [0, 0.05) is 6.42 Å². The Bertz CT molecular complexity index is 453. The predicted molar refractivity (Wildman–Crippen MR) is 69.3 cm³/mol. The summed E-state index contributed by atoms with van der Waals surface area (Å²) in [5.41, 5.74) is 2.48. The summed E-state index contributed by atoms with van der Waals surface area (Å²) in [5.74, 6) is -0.230. The molecule has 1 aromatic carbocycles. The molecule has 3 heteroatoms. The Hall–Kier alpha value is -1.35. The molecule has 0 bridgehead atoms. The monoisotopic (exact) mass is 248 g/mol. The van der Waals surface area contributed by atoms with Crippen molar-refractivity contribution in [2.75, 3.05) is 6.61 Å². The van der Waals surface area contributed by atoms with Gasteiger partial charge in [0.25, 0.3) is 0 Å². The molecule has 1 unspecified atom stereocenters. The lowest BCUT2D eigenvalue weighted by Crippen LogP contribution is -2.24. The summed E-state index contributed by atoms with van der Waals surface area (Å²) in [7, 11) is 0. The third-order valence-corrected chi connectivity index (χ3v) is 3.62. The van der Waals surface area contributed by atoms with Crippen molar-refractivity contribution < 1.29 is 14.6 Å². The fourth-order valence-corrected chi connectivity index (χ4v) is 2.62. The number of benzene rings is 1. The Morgan fingerprint density at radius 3 is 3.00 bits per heavy atom. The van der Waals surface area contributed by atoms with E-state index in [-0.39, 0.29) is 12.4 Å². The van der Waals surface area contributed by atoms with Gasteiger partial charge in [-0.15, -0.1) is 0 Å². The minimum Gasteiger partial charge on any atom is -0.466 e. The van der Waals surface area contributed by atoms with E-state index in [0.29, 0.717) is 19.4 Å². The molecule has 0 spiro atoms. The first-order chi connectivity index (χ1) is 8.55. The van der Waals surface area contributed by atoms with E-state index >= 15 is 0 Å². The molecule has 1 atom stereocenters. The molecule has 0 heterocycles. The van der Waals surface area contributed by atoms with E-state index in [1.54, 1.807) is 6.92 Å². The van der Waals surface area contributed by atoms with Crippen LogP contribution in [0.4, 0.5) is 0 Å². The maximum Gasteiger partial charge on any atom is 0.305 e. The minimum absolute atomic E-state index is 0.230. The van der Waals surface area contributed by atoms with Gasteiger partial charge in [-0.2, -0.15) is 0 Å². The van der Waals surface area contributed by atoms with Crippen LogP contribution in [0.3, 0.4) is 0 Å². The smallest absolute Gasteiger partial charge is 0.305 e. The van der Waals surface area contributed by atoms with Crippen molar-refractivity contribution in [2.45, 2.75) is 45.1 Å². The number of hydrogen-bond acceptors (Lipinski definition) is 3. The second-order valence-corrected chi connectivity index (χ2v) is 5.00. The van der Waals surface area contributed by atoms with Crippen LogP contribution < -0.4 is 0 Å². The van der Waals surface area contributed by atoms with Crippen LogP contribution in [0.25, 0.3) is 0 Å². The van der Waals surface area contributed by atoms with Crippen molar-refractivity contribution in [1.29, 1.82) is 0 Å². The molecular weight excluding hydrogens is 228 g/mol. The zero-order chi connectivity index (χ0) is 13.2. The van der Waals surface area contributed by atoms with Crippen molar-refractivity contribution >= 4 is 5.97 Å². The number of ether oxygens (including phenoxy) is 1. The Balaban J connectivity index is 2.10. The molecule has 1 aliphatic carbocycles. The van der Waals surface area contributed by atoms with Gasteiger partial charge in [-0.3, -0.25) is 4.79 Å². The molecule has 0 fully saturated rings. The van der Waals surface area contributed by atoms with Crippen LogP contribution in [0, 0.1) is 6.92 Å². The second kappa shape index (κ2) is 5.11. The van der Waals surface area contributed by atoms with E-state index in [1.807, 2.05) is 13.0 Å². The number of aliphatic hydroxyl groups is 1. The zero-order valence-electron chi connectivity index (χ0n) is 11.0. The first-order valence-corrected chi connectivity index (χ1v) is 6.53. The van der Waals surface area contributed by atoms with Gasteiger partial charge in [-0.1, -0.05) is 23.8 Å². The minimum atomic E-state index is -0.853. The number of hydrogen-bond donors (Lipinski definition) is 1. The van der Waals surface area contributed by atoms with E-state index in [4.69, 9.17) is 4.74 Å². The van der Waals surface area contributed by atoms with Gasteiger partial charge in [0.1, 0.15) is 0 Å². The average Bonchev–Trinajstić information content (AvgIpc) is 2.66. The molecule has 0 amide bonds. The number of rotatable bonds is 4. The molecule has 0 radical (unpaired) electrons. The largest absolute Gasteiger partial charge is 0.466 e. The third-order valence-electron chi connectivity index (χ3n) is 3.62. The fraction of sp³-hybridized carbons (Fsp3) is 0.533. The standard InChI is InChI=1S/C15H20O3/c1-3-18-14(16)7-9-15(17)8-6-12-5-4-11(2)10-13(12)15/h4-5,10,17H,3,6-9H2,1-2H3. The highest BCUT2D eigenvalue weighted by Crippen LogP contribution is 2.40. The topological polar surface area (TPSA) is 46.5 Å². The van der Waals surface area contributed by atoms with Crippen molar-refractivity contribution in [3.05, 3.63) is 34.9 Å². The second-order valence-electron chi connectivity index (χ2n) is 5.00. The molecule has 3 nitrogen and oxygen atoms in total. The van der Waals surface area contributed by atoms with Gasteiger partial charge in [0.15, 0.2) is 0 Å². The molecule has 0 aromatic heterocycles. The maximum atomic E-state index is 11.4. The Morgan fingerprint density at radius 2 is 2.28 bits per heavy atom. The summed E-state index contributed by atoms with van der Waals surface area (Å²) < 4.78 is 4.91. The lowest BCUT2D eigenvalue weighted by molar-refractivity contribution is -0.144. The first-order valence-electron chi connectivity index (χ1n) is 6.53. The first kappa shape index (κ1) is 13.1. The van der Waals surface area contributed by atoms with Crippen LogP contribution in [-0.2, 0) is 21.6 Å². The molecule has 1 aromatic rings. The van der Waals surface area contributed by atoms with Gasteiger partial charge in [-0.25, -0.2) is 0 Å². The highest BCUT2D eigenvalue weighted by molar-refractivity contribution is 5.69. The van der Waals surface area contributed by atoms with Crippen molar-refractivity contribution in [3.8, 4) is 0 Å². The zero-order valence-corrected chi connectivity index (χ0v) is 11.0. The Kier molecular flexibility index (Phi) is 3.71. The van der Waals surface area contributed by atoms with Gasteiger partial charge in [0.05, 0.1) is 12.2 Å². The Morgan fingerprint density at radius 1 is 1.50 bits per heavy atom. The molecule has 0 saturated carbocycles. The van der Waals surface area contributed by atoms with Crippen LogP contribution >= 0.6 is 0 Å². The summed E-state index contributed by atoms with van der Waals surface area (Å²) in [6.45, 7) is 4.21. The van der Waals surface area contributed by atoms with Gasteiger partial charge < -0.3 is 9.84 Å². The highest BCUT2D eigenvalue weighted by atomic mass is 16.5. The van der Waals surface area contributed by atoms with Gasteiger partial charge >= 0.3 is 5.97 Å². The van der Waals surface area contributed by atoms with E-state index < -0.39 is 5.60 Å². The molecular formula is C15H20O3. The van der Waals surface area contributed by atoms with E-state index in [9.17, 15) is 9.90 Å².